The van der Waals surface area contributed by atoms with Crippen LogP contribution in [0.15, 0.2) is 30.3 Å². The minimum absolute atomic E-state index is 0.0139. The lowest BCUT2D eigenvalue weighted by Gasteiger charge is -2.33. The summed E-state index contributed by atoms with van der Waals surface area (Å²) in [7, 11) is 0. The van der Waals surface area contributed by atoms with Crippen LogP contribution >= 0.6 is 0 Å². The SMILES string of the molecule is CC(C)(C)OC(=O)NC1CCN(CC(=O)N(CCC#N)c2ccccc2)CC1. The number of alkyl carbamates (subject to hydrolysis) is 1. The normalized spacial score (nSPS) is 15.5. The Morgan fingerprint density at radius 1 is 1.25 bits per heavy atom. The molecule has 152 valence electrons. The molecule has 1 saturated heterocycles. The third kappa shape index (κ3) is 7.20. The van der Waals surface area contributed by atoms with Crippen LogP contribution < -0.4 is 10.2 Å². The second-order valence-electron chi connectivity index (χ2n) is 7.99. The molecule has 1 aliphatic rings. The molecule has 0 aliphatic carbocycles. The van der Waals surface area contributed by atoms with E-state index < -0.39 is 11.7 Å². The van der Waals surface area contributed by atoms with Gasteiger partial charge in [0.15, 0.2) is 0 Å². The van der Waals surface area contributed by atoms with E-state index in [1.165, 1.54) is 0 Å². The predicted octanol–water partition coefficient (Wildman–Crippen LogP) is 2.92. The molecule has 0 spiro atoms. The third-order valence-electron chi connectivity index (χ3n) is 4.48. The third-order valence-corrected chi connectivity index (χ3v) is 4.48. The van der Waals surface area contributed by atoms with Crippen LogP contribution in [0.3, 0.4) is 0 Å². The first-order chi connectivity index (χ1) is 13.3. The number of hydrogen-bond donors (Lipinski definition) is 1. The quantitative estimate of drug-likeness (QED) is 0.812. The number of carbonyl (C=O) groups excluding carboxylic acids is 2. The number of rotatable bonds is 6. The van der Waals surface area contributed by atoms with Crippen molar-refractivity contribution in [1.29, 1.82) is 5.26 Å². The molecule has 0 atom stereocenters. The van der Waals surface area contributed by atoms with E-state index in [9.17, 15) is 9.59 Å². The molecular weight excluding hydrogens is 356 g/mol. The first-order valence-electron chi connectivity index (χ1n) is 9.73. The first kappa shape index (κ1) is 21.7. The molecule has 1 fully saturated rings. The largest absolute Gasteiger partial charge is 0.444 e. The van der Waals surface area contributed by atoms with Crippen LogP contribution in [0.4, 0.5) is 10.5 Å². The maximum absolute atomic E-state index is 12.8. The van der Waals surface area contributed by atoms with Crippen molar-refractivity contribution in [3.63, 3.8) is 0 Å². The van der Waals surface area contributed by atoms with E-state index in [4.69, 9.17) is 10.00 Å². The summed E-state index contributed by atoms with van der Waals surface area (Å²) in [6, 6.07) is 11.6. The zero-order chi connectivity index (χ0) is 20.6. The van der Waals surface area contributed by atoms with Gasteiger partial charge in [-0.25, -0.2) is 4.79 Å². The van der Waals surface area contributed by atoms with Gasteiger partial charge in [0.1, 0.15) is 5.60 Å². The number of nitrogens with zero attached hydrogens (tertiary/aromatic N) is 3. The van der Waals surface area contributed by atoms with Crippen molar-refractivity contribution in [3.05, 3.63) is 30.3 Å². The summed E-state index contributed by atoms with van der Waals surface area (Å²) in [6.45, 7) is 7.67. The van der Waals surface area contributed by atoms with Crippen molar-refractivity contribution in [1.82, 2.24) is 10.2 Å². The number of likely N-dealkylation sites (tertiary alicyclic amines) is 1. The highest BCUT2D eigenvalue weighted by Crippen LogP contribution is 2.16. The molecule has 2 rings (SSSR count). The molecular formula is C21H30N4O3. The minimum atomic E-state index is -0.512. The molecule has 1 aliphatic heterocycles. The number of anilines is 1. The van der Waals surface area contributed by atoms with Crippen molar-refractivity contribution in [2.45, 2.75) is 51.7 Å². The summed E-state index contributed by atoms with van der Waals surface area (Å²) in [4.78, 5) is 28.5. The van der Waals surface area contributed by atoms with Gasteiger partial charge in [0, 0.05) is 31.4 Å². The molecule has 2 amide bonds. The Morgan fingerprint density at radius 2 is 1.89 bits per heavy atom. The van der Waals surface area contributed by atoms with Crippen LogP contribution in [0.2, 0.25) is 0 Å². The van der Waals surface area contributed by atoms with Gasteiger partial charge in [-0.1, -0.05) is 18.2 Å². The Morgan fingerprint density at radius 3 is 2.46 bits per heavy atom. The van der Waals surface area contributed by atoms with E-state index in [2.05, 4.69) is 16.3 Å². The number of hydrogen-bond acceptors (Lipinski definition) is 5. The maximum atomic E-state index is 12.8. The van der Waals surface area contributed by atoms with Gasteiger partial charge in [-0.15, -0.1) is 0 Å². The molecule has 7 heteroatoms. The van der Waals surface area contributed by atoms with E-state index in [0.29, 0.717) is 19.5 Å². The topological polar surface area (TPSA) is 85.7 Å². The fraction of sp³-hybridized carbons (Fsp3) is 0.571. The Bertz CT molecular complexity index is 686. The second-order valence-corrected chi connectivity index (χ2v) is 7.99. The minimum Gasteiger partial charge on any atom is -0.444 e. The Kier molecular flexibility index (Phi) is 7.82. The summed E-state index contributed by atoms with van der Waals surface area (Å²) in [6.07, 6.45) is 1.45. The monoisotopic (exact) mass is 386 g/mol. The molecule has 0 saturated carbocycles. The Hall–Kier alpha value is -2.59. The van der Waals surface area contributed by atoms with Crippen LogP contribution in [-0.4, -0.2) is 54.7 Å². The second kappa shape index (κ2) is 10.1. The van der Waals surface area contributed by atoms with E-state index in [1.54, 1.807) is 4.90 Å². The summed E-state index contributed by atoms with van der Waals surface area (Å²) < 4.78 is 5.30. The number of nitriles is 1. The molecule has 1 N–H and O–H groups in total. The number of piperidine rings is 1. The highest BCUT2D eigenvalue weighted by atomic mass is 16.6. The van der Waals surface area contributed by atoms with Gasteiger partial charge in [-0.3, -0.25) is 9.69 Å². The lowest BCUT2D eigenvalue weighted by molar-refractivity contribution is -0.120. The smallest absolute Gasteiger partial charge is 0.407 e. The van der Waals surface area contributed by atoms with Crippen LogP contribution in [0.5, 0.6) is 0 Å². The summed E-state index contributed by atoms with van der Waals surface area (Å²) in [5, 5.41) is 11.8. The van der Waals surface area contributed by atoms with Gasteiger partial charge < -0.3 is 15.0 Å². The first-order valence-corrected chi connectivity index (χ1v) is 9.73. The predicted molar refractivity (Wildman–Crippen MR) is 108 cm³/mol. The summed E-state index contributed by atoms with van der Waals surface area (Å²) >= 11 is 0. The maximum Gasteiger partial charge on any atom is 0.407 e. The molecule has 1 heterocycles. The van der Waals surface area contributed by atoms with E-state index >= 15 is 0 Å². The number of benzene rings is 1. The van der Waals surface area contributed by atoms with Crippen LogP contribution in [-0.2, 0) is 9.53 Å². The number of amides is 2. The van der Waals surface area contributed by atoms with Crippen molar-refractivity contribution >= 4 is 17.7 Å². The van der Waals surface area contributed by atoms with Crippen molar-refractivity contribution in [2.24, 2.45) is 0 Å². The lowest BCUT2D eigenvalue weighted by atomic mass is 10.1. The van der Waals surface area contributed by atoms with Gasteiger partial charge in [0.05, 0.1) is 19.0 Å². The highest BCUT2D eigenvalue weighted by molar-refractivity contribution is 5.94. The van der Waals surface area contributed by atoms with E-state index in [1.807, 2.05) is 51.1 Å². The average molecular weight is 386 g/mol. The van der Waals surface area contributed by atoms with Crippen LogP contribution in [0.1, 0.15) is 40.0 Å². The number of ether oxygens (including phenoxy) is 1. The lowest BCUT2D eigenvalue weighted by Crippen LogP contribution is -2.49. The van der Waals surface area contributed by atoms with Gasteiger partial charge in [-0.05, 0) is 45.7 Å². The fourth-order valence-corrected chi connectivity index (χ4v) is 3.15. The molecule has 28 heavy (non-hydrogen) atoms. The van der Waals surface area contributed by atoms with E-state index in [0.717, 1.165) is 31.6 Å². The fourth-order valence-electron chi connectivity index (χ4n) is 3.15. The number of carbonyl (C=O) groups is 2. The number of para-hydroxylation sites is 1. The standard InChI is InChI=1S/C21H30N4O3/c1-21(2,3)28-20(27)23-17-10-14-24(15-11-17)16-19(26)25(13-7-12-22)18-8-5-4-6-9-18/h4-6,8-9,17H,7,10-11,13-16H2,1-3H3,(H,23,27). The van der Waals surface area contributed by atoms with Crippen LogP contribution in [0.25, 0.3) is 0 Å². The van der Waals surface area contributed by atoms with Crippen LogP contribution in [0, 0.1) is 11.3 Å². The average Bonchev–Trinajstić information content (AvgIpc) is 2.63. The van der Waals surface area contributed by atoms with Gasteiger partial charge >= 0.3 is 6.09 Å². The Labute approximate surface area is 167 Å². The zero-order valence-corrected chi connectivity index (χ0v) is 17.0. The zero-order valence-electron chi connectivity index (χ0n) is 17.0. The number of nitrogens with one attached hydrogen (secondary N) is 1. The van der Waals surface area contributed by atoms with Crippen molar-refractivity contribution < 1.29 is 14.3 Å². The molecule has 1 aromatic carbocycles. The van der Waals surface area contributed by atoms with Gasteiger partial charge in [0.25, 0.3) is 0 Å². The summed E-state index contributed by atoms with van der Waals surface area (Å²) in [5.41, 5.74) is 0.297. The molecule has 0 radical (unpaired) electrons. The molecule has 0 unspecified atom stereocenters. The van der Waals surface area contributed by atoms with Crippen molar-refractivity contribution in [2.75, 3.05) is 31.1 Å². The summed E-state index contributed by atoms with van der Waals surface area (Å²) in [5.74, 6) is -0.0139. The van der Waals surface area contributed by atoms with Gasteiger partial charge in [-0.2, -0.15) is 5.26 Å². The van der Waals surface area contributed by atoms with Gasteiger partial charge in [0.2, 0.25) is 5.91 Å². The van der Waals surface area contributed by atoms with Crippen molar-refractivity contribution in [3.8, 4) is 6.07 Å². The molecule has 7 nitrogen and oxygen atoms in total. The molecule has 0 aromatic heterocycles. The molecule has 0 bridgehead atoms. The molecule has 1 aromatic rings. The van der Waals surface area contributed by atoms with E-state index in [-0.39, 0.29) is 11.9 Å². The Balaban J connectivity index is 1.84. The highest BCUT2D eigenvalue weighted by Gasteiger charge is 2.26.